The van der Waals surface area contributed by atoms with Crippen molar-refractivity contribution in [1.82, 2.24) is 0 Å². The Bertz CT molecular complexity index is 1180. The molecule has 0 radical (unpaired) electrons. The summed E-state index contributed by atoms with van der Waals surface area (Å²) in [7, 11) is 4.55. The van der Waals surface area contributed by atoms with Gasteiger partial charge < -0.3 is 28.7 Å². The van der Waals surface area contributed by atoms with Crippen LogP contribution in [-0.4, -0.2) is 27.2 Å². The number of carbonyl (C=O) groups is 1. The number of rotatable bonds is 7. The highest BCUT2D eigenvalue weighted by atomic mass is 16.6. The van der Waals surface area contributed by atoms with E-state index < -0.39 is 5.91 Å². The SMILES string of the molecule is COc1cc(OC)c(NC(=O)c2ccc(Oc3cc4c(cc3C)CCCC4(C)C)o2)c(OC)c1. The average molecular weight is 466 g/mol. The molecule has 0 aliphatic heterocycles. The molecule has 180 valence electrons. The van der Waals surface area contributed by atoms with Crippen molar-refractivity contribution < 1.29 is 28.2 Å². The molecule has 0 saturated carbocycles. The Hall–Kier alpha value is -3.61. The number of hydrogen-bond acceptors (Lipinski definition) is 6. The molecule has 1 aliphatic carbocycles. The van der Waals surface area contributed by atoms with Gasteiger partial charge in [0.1, 0.15) is 28.7 Å². The van der Waals surface area contributed by atoms with Gasteiger partial charge in [0.2, 0.25) is 0 Å². The molecule has 3 aromatic rings. The Balaban J connectivity index is 1.56. The lowest BCUT2D eigenvalue weighted by Crippen LogP contribution is -2.23. The third kappa shape index (κ3) is 4.55. The molecule has 0 fully saturated rings. The summed E-state index contributed by atoms with van der Waals surface area (Å²) in [5, 5.41) is 2.80. The first-order chi connectivity index (χ1) is 16.2. The summed E-state index contributed by atoms with van der Waals surface area (Å²) in [5.41, 5.74) is 4.20. The minimum Gasteiger partial charge on any atom is -0.496 e. The number of fused-ring (bicyclic) bond motifs is 1. The Labute approximate surface area is 200 Å². The number of furan rings is 1. The zero-order valence-corrected chi connectivity index (χ0v) is 20.5. The molecule has 1 heterocycles. The smallest absolute Gasteiger partial charge is 0.291 e. The first-order valence-corrected chi connectivity index (χ1v) is 11.3. The summed E-state index contributed by atoms with van der Waals surface area (Å²) >= 11 is 0. The van der Waals surface area contributed by atoms with Gasteiger partial charge in [-0.2, -0.15) is 0 Å². The number of carbonyl (C=O) groups excluding carboxylic acids is 1. The molecular formula is C27H31NO6. The third-order valence-corrected chi connectivity index (χ3v) is 6.35. The molecule has 34 heavy (non-hydrogen) atoms. The molecule has 7 heteroatoms. The number of amides is 1. The Morgan fingerprint density at radius 2 is 1.68 bits per heavy atom. The predicted molar refractivity (Wildman–Crippen MR) is 130 cm³/mol. The van der Waals surface area contributed by atoms with Crippen LogP contribution in [0.5, 0.6) is 28.9 Å². The van der Waals surface area contributed by atoms with Crippen LogP contribution in [0.4, 0.5) is 5.69 Å². The van der Waals surface area contributed by atoms with E-state index in [1.54, 1.807) is 31.4 Å². The first-order valence-electron chi connectivity index (χ1n) is 11.3. The zero-order chi connectivity index (χ0) is 24.5. The van der Waals surface area contributed by atoms with Crippen molar-refractivity contribution >= 4 is 11.6 Å². The highest BCUT2D eigenvalue weighted by molar-refractivity contribution is 6.04. The number of benzene rings is 2. The fourth-order valence-electron chi connectivity index (χ4n) is 4.46. The second-order valence-electron chi connectivity index (χ2n) is 9.09. The summed E-state index contributed by atoms with van der Waals surface area (Å²) in [6.45, 7) is 6.55. The molecule has 2 aromatic carbocycles. The molecule has 7 nitrogen and oxygen atoms in total. The maximum Gasteiger partial charge on any atom is 0.291 e. The van der Waals surface area contributed by atoms with E-state index in [-0.39, 0.29) is 17.1 Å². The summed E-state index contributed by atoms with van der Waals surface area (Å²) in [6.07, 6.45) is 3.43. The first kappa shape index (κ1) is 23.5. The standard InChI is InChI=1S/C27H31NO6/c1-16-12-17-8-7-11-27(2,3)19(17)15-21(16)34-24-10-9-20(33-24)26(29)28-25-22(31-5)13-18(30-4)14-23(25)32-6/h9-10,12-15H,7-8,11H2,1-6H3,(H,28,29). The van der Waals surface area contributed by atoms with E-state index in [1.165, 1.54) is 31.8 Å². The molecular weight excluding hydrogens is 434 g/mol. The normalized spacial score (nSPS) is 14.2. The summed E-state index contributed by atoms with van der Waals surface area (Å²) in [5.74, 6) is 1.97. The quantitative estimate of drug-likeness (QED) is 0.443. The van der Waals surface area contributed by atoms with E-state index in [0.717, 1.165) is 24.2 Å². The maximum absolute atomic E-state index is 12.9. The largest absolute Gasteiger partial charge is 0.496 e. The minimum atomic E-state index is -0.458. The molecule has 0 unspecified atom stereocenters. The van der Waals surface area contributed by atoms with Crippen LogP contribution in [0, 0.1) is 6.92 Å². The van der Waals surface area contributed by atoms with Gasteiger partial charge >= 0.3 is 0 Å². The van der Waals surface area contributed by atoms with Crippen molar-refractivity contribution in [2.75, 3.05) is 26.6 Å². The molecule has 0 spiro atoms. The lowest BCUT2D eigenvalue weighted by molar-refractivity contribution is 0.0991. The number of anilines is 1. The average Bonchev–Trinajstić information content (AvgIpc) is 3.28. The van der Waals surface area contributed by atoms with E-state index in [4.69, 9.17) is 23.4 Å². The molecule has 1 N–H and O–H groups in total. The van der Waals surface area contributed by atoms with Gasteiger partial charge in [0.15, 0.2) is 5.76 Å². The van der Waals surface area contributed by atoms with E-state index in [1.807, 2.05) is 6.92 Å². The van der Waals surface area contributed by atoms with E-state index >= 15 is 0 Å². The van der Waals surface area contributed by atoms with Crippen molar-refractivity contribution in [3.63, 3.8) is 0 Å². The summed E-state index contributed by atoms with van der Waals surface area (Å²) in [6, 6.07) is 10.8. The third-order valence-electron chi connectivity index (χ3n) is 6.35. The lowest BCUT2D eigenvalue weighted by atomic mass is 9.72. The van der Waals surface area contributed by atoms with Gasteiger partial charge in [-0.3, -0.25) is 4.79 Å². The molecule has 1 aliphatic rings. The number of hydrogen-bond donors (Lipinski definition) is 1. The molecule has 1 amide bonds. The van der Waals surface area contributed by atoms with Gasteiger partial charge in [0, 0.05) is 18.2 Å². The van der Waals surface area contributed by atoms with Gasteiger partial charge in [-0.05, 0) is 60.4 Å². The molecule has 0 saturated heterocycles. The minimum absolute atomic E-state index is 0.101. The Morgan fingerprint density at radius 1 is 0.971 bits per heavy atom. The van der Waals surface area contributed by atoms with Crippen LogP contribution in [0.3, 0.4) is 0 Å². The van der Waals surface area contributed by atoms with Crippen LogP contribution in [0.2, 0.25) is 0 Å². The lowest BCUT2D eigenvalue weighted by Gasteiger charge is -2.33. The van der Waals surface area contributed by atoms with E-state index in [2.05, 4.69) is 31.3 Å². The van der Waals surface area contributed by atoms with Crippen molar-refractivity contribution in [2.24, 2.45) is 0 Å². The number of methoxy groups -OCH3 is 3. The van der Waals surface area contributed by atoms with Crippen LogP contribution < -0.4 is 24.3 Å². The monoisotopic (exact) mass is 465 g/mol. The second kappa shape index (κ2) is 9.33. The van der Waals surface area contributed by atoms with E-state index in [0.29, 0.717) is 22.9 Å². The van der Waals surface area contributed by atoms with Gasteiger partial charge in [0.05, 0.1) is 21.3 Å². The highest BCUT2D eigenvalue weighted by Gasteiger charge is 2.28. The van der Waals surface area contributed by atoms with Gasteiger partial charge in [-0.1, -0.05) is 19.9 Å². The topological polar surface area (TPSA) is 79.2 Å². The number of nitrogens with one attached hydrogen (secondary N) is 1. The molecule has 0 atom stereocenters. The molecule has 1 aromatic heterocycles. The zero-order valence-electron chi connectivity index (χ0n) is 20.5. The van der Waals surface area contributed by atoms with Crippen molar-refractivity contribution in [1.29, 1.82) is 0 Å². The second-order valence-corrected chi connectivity index (χ2v) is 9.09. The predicted octanol–water partition coefficient (Wildman–Crippen LogP) is 6.27. The number of ether oxygens (including phenoxy) is 4. The molecule has 0 bridgehead atoms. The van der Waals surface area contributed by atoms with Crippen LogP contribution in [0.15, 0.2) is 40.8 Å². The van der Waals surface area contributed by atoms with Crippen molar-refractivity contribution in [3.8, 4) is 28.9 Å². The van der Waals surface area contributed by atoms with Crippen molar-refractivity contribution in [3.05, 3.63) is 58.8 Å². The summed E-state index contributed by atoms with van der Waals surface area (Å²) in [4.78, 5) is 12.9. The van der Waals surface area contributed by atoms with Crippen LogP contribution in [0.1, 0.15) is 53.9 Å². The number of aryl methyl sites for hydroxylation is 2. The fourth-order valence-corrected chi connectivity index (χ4v) is 4.46. The van der Waals surface area contributed by atoms with Gasteiger partial charge in [-0.15, -0.1) is 0 Å². The highest BCUT2D eigenvalue weighted by Crippen LogP contribution is 2.41. The molecule has 4 rings (SSSR count). The maximum atomic E-state index is 12.9. The van der Waals surface area contributed by atoms with Crippen LogP contribution >= 0.6 is 0 Å². The van der Waals surface area contributed by atoms with Gasteiger partial charge in [0.25, 0.3) is 11.9 Å². The van der Waals surface area contributed by atoms with E-state index in [9.17, 15) is 4.79 Å². The van der Waals surface area contributed by atoms with Gasteiger partial charge in [-0.25, -0.2) is 0 Å². The Kier molecular flexibility index (Phi) is 6.46. The van der Waals surface area contributed by atoms with Crippen LogP contribution in [0.25, 0.3) is 0 Å². The Morgan fingerprint density at radius 3 is 2.32 bits per heavy atom. The van der Waals surface area contributed by atoms with Crippen LogP contribution in [-0.2, 0) is 11.8 Å². The van der Waals surface area contributed by atoms with Crippen molar-refractivity contribution in [2.45, 2.75) is 45.4 Å². The fraction of sp³-hybridized carbons (Fsp3) is 0.370. The summed E-state index contributed by atoms with van der Waals surface area (Å²) < 4.78 is 27.8.